The molecule has 24 heavy (non-hydrogen) atoms. The zero-order valence-electron chi connectivity index (χ0n) is 12.1. The molecule has 0 aromatic carbocycles. The molecule has 0 saturated carbocycles. The van der Waals surface area contributed by atoms with Crippen LogP contribution >= 0.6 is 46.9 Å². The lowest BCUT2D eigenvalue weighted by atomic mass is 9.92. The van der Waals surface area contributed by atoms with E-state index in [9.17, 15) is 31.1 Å². The van der Waals surface area contributed by atoms with Gasteiger partial charge in [0.1, 0.15) is 28.8 Å². The van der Waals surface area contributed by atoms with Gasteiger partial charge in [-0.15, -0.1) is 0 Å². The standard InChI is InChI=1S/C12H12ClF6NOS3/c1-6(21)20-11(24-5-16)8(22-3-14)2-7(13)9(23-4-15)10(11)12(17,18)19/h2,10H,3-5H2,1H3,(H,20,21). The lowest BCUT2D eigenvalue weighted by Crippen LogP contribution is -2.57. The van der Waals surface area contributed by atoms with Crippen LogP contribution in [0.3, 0.4) is 0 Å². The highest BCUT2D eigenvalue weighted by Crippen LogP contribution is 2.57. The molecule has 0 aromatic rings. The summed E-state index contributed by atoms with van der Waals surface area (Å²) in [7, 11) is 0. The molecule has 0 spiro atoms. The van der Waals surface area contributed by atoms with Crippen molar-refractivity contribution in [3.05, 3.63) is 20.9 Å². The van der Waals surface area contributed by atoms with E-state index in [0.717, 1.165) is 13.0 Å². The highest BCUT2D eigenvalue weighted by Gasteiger charge is 2.60. The Hall–Kier alpha value is -0.130. The van der Waals surface area contributed by atoms with Gasteiger partial charge in [-0.2, -0.15) is 13.2 Å². The van der Waals surface area contributed by atoms with Crippen LogP contribution in [-0.2, 0) is 4.79 Å². The summed E-state index contributed by atoms with van der Waals surface area (Å²) in [5.74, 6) is -3.39. The van der Waals surface area contributed by atoms with E-state index in [1.165, 1.54) is 0 Å². The molecule has 1 amide bonds. The molecule has 0 saturated heterocycles. The summed E-state index contributed by atoms with van der Waals surface area (Å²) in [5.41, 5.74) is 0. The molecule has 1 N–H and O–H groups in total. The number of thioether (sulfide) groups is 3. The zero-order valence-corrected chi connectivity index (χ0v) is 15.3. The van der Waals surface area contributed by atoms with Gasteiger partial charge >= 0.3 is 6.18 Å². The number of nitrogens with one attached hydrogen (secondary N) is 1. The Balaban J connectivity index is 3.66. The average molecular weight is 432 g/mol. The van der Waals surface area contributed by atoms with Crippen molar-refractivity contribution in [2.75, 3.05) is 18.0 Å². The minimum absolute atomic E-state index is 0.140. The van der Waals surface area contributed by atoms with Crippen LogP contribution in [0.5, 0.6) is 0 Å². The van der Waals surface area contributed by atoms with Crippen molar-refractivity contribution in [2.45, 2.75) is 18.0 Å². The van der Waals surface area contributed by atoms with E-state index in [1.807, 2.05) is 0 Å². The Morgan fingerprint density at radius 2 is 1.83 bits per heavy atom. The maximum atomic E-state index is 13.7. The Morgan fingerprint density at radius 1 is 1.25 bits per heavy atom. The first-order valence-electron chi connectivity index (χ1n) is 6.18. The molecule has 0 aliphatic heterocycles. The second-order valence-electron chi connectivity index (χ2n) is 4.37. The van der Waals surface area contributed by atoms with E-state index < -0.39 is 50.8 Å². The maximum Gasteiger partial charge on any atom is 0.399 e. The van der Waals surface area contributed by atoms with Crippen LogP contribution in [0, 0.1) is 5.92 Å². The number of carbonyl (C=O) groups excluding carboxylic acids is 1. The summed E-state index contributed by atoms with van der Waals surface area (Å²) in [6, 6.07) is -3.60. The fourth-order valence-corrected chi connectivity index (χ4v) is 5.60. The molecule has 0 heterocycles. The minimum atomic E-state index is -4.99. The van der Waals surface area contributed by atoms with E-state index in [4.69, 9.17) is 11.6 Å². The van der Waals surface area contributed by atoms with Gasteiger partial charge in [0.2, 0.25) is 5.91 Å². The fourth-order valence-electron chi connectivity index (χ4n) is 2.23. The van der Waals surface area contributed by atoms with E-state index in [-0.39, 0.29) is 28.4 Å². The second kappa shape index (κ2) is 9.00. The summed E-state index contributed by atoms with van der Waals surface area (Å²) in [6.07, 6.45) is -3.98. The van der Waals surface area contributed by atoms with Gasteiger partial charge in [0.05, 0.1) is 5.03 Å². The number of amides is 1. The van der Waals surface area contributed by atoms with Gasteiger partial charge in [-0.1, -0.05) is 46.9 Å². The predicted molar refractivity (Wildman–Crippen MR) is 87.8 cm³/mol. The van der Waals surface area contributed by atoms with Crippen LogP contribution < -0.4 is 5.32 Å². The largest absolute Gasteiger partial charge is 0.399 e. The second-order valence-corrected chi connectivity index (χ2v) is 7.82. The molecule has 1 aliphatic carbocycles. The van der Waals surface area contributed by atoms with Crippen LogP contribution in [0.25, 0.3) is 0 Å². The Bertz CT molecular complexity index is 541. The van der Waals surface area contributed by atoms with Gasteiger partial charge in [0.25, 0.3) is 0 Å². The highest BCUT2D eigenvalue weighted by atomic mass is 35.5. The molecule has 2 nitrogen and oxygen atoms in total. The van der Waals surface area contributed by atoms with Crippen molar-refractivity contribution in [2.24, 2.45) is 5.92 Å². The van der Waals surface area contributed by atoms with Crippen molar-refractivity contribution in [1.82, 2.24) is 5.32 Å². The van der Waals surface area contributed by atoms with Crippen molar-refractivity contribution in [3.8, 4) is 0 Å². The topological polar surface area (TPSA) is 29.1 Å². The zero-order chi connectivity index (χ0) is 18.5. The predicted octanol–water partition coefficient (Wildman–Crippen LogP) is 5.33. The lowest BCUT2D eigenvalue weighted by Gasteiger charge is -2.45. The Kier molecular flexibility index (Phi) is 8.21. The van der Waals surface area contributed by atoms with Gasteiger partial charge in [-0.3, -0.25) is 4.79 Å². The summed E-state index contributed by atoms with van der Waals surface area (Å²) in [4.78, 5) is 8.24. The van der Waals surface area contributed by atoms with E-state index in [0.29, 0.717) is 11.8 Å². The van der Waals surface area contributed by atoms with Crippen molar-refractivity contribution in [1.29, 1.82) is 0 Å². The summed E-state index contributed by atoms with van der Waals surface area (Å²) in [6.45, 7) is 0.952. The number of hydrogen-bond donors (Lipinski definition) is 1. The van der Waals surface area contributed by atoms with Crippen molar-refractivity contribution >= 4 is 52.8 Å². The van der Waals surface area contributed by atoms with Gasteiger partial charge in [0, 0.05) is 16.7 Å². The van der Waals surface area contributed by atoms with Crippen LogP contribution in [0.2, 0.25) is 0 Å². The summed E-state index contributed by atoms with van der Waals surface area (Å²) in [5, 5.41) is 1.66. The molecule has 138 valence electrons. The molecule has 1 aliphatic rings. The SMILES string of the molecule is CC(=O)NC1(SCF)C(SCF)=CC(Cl)=C(SCF)C1C(F)(F)F. The van der Waals surface area contributed by atoms with Crippen LogP contribution in [0.1, 0.15) is 6.92 Å². The third kappa shape index (κ3) is 4.73. The molecular weight excluding hydrogens is 420 g/mol. The van der Waals surface area contributed by atoms with E-state index >= 15 is 0 Å². The molecule has 0 bridgehead atoms. The van der Waals surface area contributed by atoms with E-state index in [2.05, 4.69) is 5.32 Å². The number of halogens is 7. The molecule has 1 rings (SSSR count). The molecular formula is C12H12ClF6NOS3. The maximum absolute atomic E-state index is 13.7. The van der Waals surface area contributed by atoms with Crippen LogP contribution in [-0.4, -0.2) is 35.0 Å². The molecule has 12 heteroatoms. The minimum Gasteiger partial charge on any atom is -0.336 e. The number of alkyl halides is 6. The van der Waals surface area contributed by atoms with Gasteiger partial charge < -0.3 is 5.32 Å². The quantitative estimate of drug-likeness (QED) is 0.436. The normalized spacial score (nSPS) is 24.8. The first-order chi connectivity index (χ1) is 11.1. The van der Waals surface area contributed by atoms with Crippen LogP contribution in [0.15, 0.2) is 20.9 Å². The monoisotopic (exact) mass is 431 g/mol. The number of rotatable bonds is 7. The molecule has 0 radical (unpaired) electrons. The smallest absolute Gasteiger partial charge is 0.336 e. The molecule has 2 unspecified atom stereocenters. The van der Waals surface area contributed by atoms with Gasteiger partial charge in [-0.05, 0) is 6.08 Å². The molecule has 0 aromatic heterocycles. The summed E-state index contributed by atoms with van der Waals surface area (Å²) < 4.78 is 79.7. The first-order valence-corrected chi connectivity index (χ1v) is 9.52. The molecule has 2 atom stereocenters. The lowest BCUT2D eigenvalue weighted by molar-refractivity contribution is -0.170. The fraction of sp³-hybridized carbons (Fsp3) is 0.583. The average Bonchev–Trinajstić information content (AvgIpc) is 2.43. The Morgan fingerprint density at radius 3 is 2.25 bits per heavy atom. The third-order valence-electron chi connectivity index (χ3n) is 2.92. The highest BCUT2D eigenvalue weighted by molar-refractivity contribution is 8.06. The Labute approximate surface area is 152 Å². The van der Waals surface area contributed by atoms with Gasteiger partial charge in [-0.25, -0.2) is 13.2 Å². The van der Waals surface area contributed by atoms with Crippen molar-refractivity contribution in [3.63, 3.8) is 0 Å². The van der Waals surface area contributed by atoms with Gasteiger partial charge in [0.15, 0.2) is 0 Å². The third-order valence-corrected chi connectivity index (χ3v) is 6.33. The van der Waals surface area contributed by atoms with E-state index in [1.54, 1.807) is 0 Å². The number of carbonyl (C=O) groups is 1. The molecule has 0 fully saturated rings. The van der Waals surface area contributed by atoms with Crippen molar-refractivity contribution < 1.29 is 31.1 Å². The van der Waals surface area contributed by atoms with Crippen LogP contribution in [0.4, 0.5) is 26.3 Å². The first kappa shape index (κ1) is 21.9. The number of hydrogen-bond acceptors (Lipinski definition) is 4. The summed E-state index contributed by atoms with van der Waals surface area (Å²) >= 11 is 6.51. The number of allylic oxidation sites excluding steroid dienone is 2.